The van der Waals surface area contributed by atoms with E-state index in [9.17, 15) is 4.39 Å². The Hall–Kier alpha value is -0.790. The monoisotopic (exact) mass is 375 g/mol. The topological polar surface area (TPSA) is 61.9 Å². The van der Waals surface area contributed by atoms with Crippen molar-refractivity contribution in [3.63, 3.8) is 0 Å². The Bertz CT molecular complexity index is 533. The number of thioether (sulfide) groups is 1. The van der Waals surface area contributed by atoms with Gasteiger partial charge in [0.25, 0.3) is 0 Å². The Kier molecular flexibility index (Phi) is 5.51. The summed E-state index contributed by atoms with van der Waals surface area (Å²) in [6.07, 6.45) is 3.56. The lowest BCUT2D eigenvalue weighted by atomic mass is 9.94. The van der Waals surface area contributed by atoms with Crippen molar-refractivity contribution >= 4 is 33.5 Å². The number of likely N-dealkylation sites (tertiary alicyclic amines) is 1. The van der Waals surface area contributed by atoms with Crippen LogP contribution in [0.3, 0.4) is 0 Å². The molecule has 1 aromatic carbocycles. The summed E-state index contributed by atoms with van der Waals surface area (Å²) in [5.74, 6) is 0.0898. The van der Waals surface area contributed by atoms with E-state index in [1.807, 2.05) is 12.3 Å². The number of hydrogen-bond acceptors (Lipinski definition) is 4. The van der Waals surface area contributed by atoms with Crippen LogP contribution in [0.25, 0.3) is 0 Å². The molecule has 7 heteroatoms. The second-order valence-corrected chi connectivity index (χ2v) is 7.30. The summed E-state index contributed by atoms with van der Waals surface area (Å²) in [4.78, 5) is 2.20. The van der Waals surface area contributed by atoms with Crippen molar-refractivity contribution in [2.45, 2.75) is 24.1 Å². The number of piperidine rings is 1. The van der Waals surface area contributed by atoms with Crippen molar-refractivity contribution in [2.75, 3.05) is 19.3 Å². The van der Waals surface area contributed by atoms with Crippen LogP contribution in [0.5, 0.6) is 0 Å². The maximum atomic E-state index is 13.9. The predicted octanol–water partition coefficient (Wildman–Crippen LogP) is 3.03. The van der Waals surface area contributed by atoms with Gasteiger partial charge in [-0.3, -0.25) is 4.90 Å². The molecule has 0 radical (unpaired) electrons. The zero-order valence-corrected chi connectivity index (χ0v) is 14.3. The smallest absolute Gasteiger partial charge is 0.155 e. The predicted molar refractivity (Wildman–Crippen MR) is 88.3 cm³/mol. The van der Waals surface area contributed by atoms with E-state index in [4.69, 9.17) is 10.9 Å². The highest BCUT2D eigenvalue weighted by atomic mass is 79.9. The van der Waals surface area contributed by atoms with E-state index in [0.29, 0.717) is 12.1 Å². The molecule has 0 atom stereocenters. The SMILES string of the molecule is CSC1(C(N)=NO)CCN(Cc2ccc(Br)cc2F)CC1. The Morgan fingerprint density at radius 2 is 2.19 bits per heavy atom. The van der Waals surface area contributed by atoms with Gasteiger partial charge in [-0.2, -0.15) is 11.8 Å². The zero-order valence-electron chi connectivity index (χ0n) is 11.9. The van der Waals surface area contributed by atoms with Crippen LogP contribution >= 0.6 is 27.7 Å². The number of rotatable bonds is 4. The third-order valence-corrected chi connectivity index (χ3v) is 5.93. The van der Waals surface area contributed by atoms with E-state index in [1.165, 1.54) is 6.07 Å². The number of oxime groups is 1. The fourth-order valence-corrected chi connectivity index (χ4v) is 3.79. The minimum absolute atomic E-state index is 0.192. The first kappa shape index (κ1) is 16.6. The molecule has 4 nitrogen and oxygen atoms in total. The molecule has 1 aliphatic heterocycles. The minimum atomic E-state index is -0.302. The first-order chi connectivity index (χ1) is 10.0. The van der Waals surface area contributed by atoms with Gasteiger partial charge in [-0.05, 0) is 31.2 Å². The molecule has 0 spiro atoms. The maximum Gasteiger partial charge on any atom is 0.155 e. The number of nitrogens with zero attached hydrogens (tertiary/aromatic N) is 2. The first-order valence-electron chi connectivity index (χ1n) is 6.70. The van der Waals surface area contributed by atoms with Crippen LogP contribution in [0.15, 0.2) is 27.8 Å². The summed E-state index contributed by atoms with van der Waals surface area (Å²) < 4.78 is 14.3. The summed E-state index contributed by atoms with van der Waals surface area (Å²) in [5.41, 5.74) is 6.52. The number of benzene rings is 1. The molecule has 1 saturated heterocycles. The van der Waals surface area contributed by atoms with Gasteiger partial charge < -0.3 is 10.9 Å². The standard InChI is InChI=1S/C14H19BrFN3OS/c1-21-14(13(17)18-20)4-6-19(7-5-14)9-10-2-3-11(15)8-12(10)16/h2-3,8,20H,4-7,9H2,1H3,(H2,17,18). The lowest BCUT2D eigenvalue weighted by molar-refractivity contribution is 0.207. The quantitative estimate of drug-likeness (QED) is 0.367. The van der Waals surface area contributed by atoms with Gasteiger partial charge in [-0.15, -0.1) is 0 Å². The van der Waals surface area contributed by atoms with Crippen molar-refractivity contribution < 1.29 is 9.60 Å². The van der Waals surface area contributed by atoms with Crippen molar-refractivity contribution in [1.82, 2.24) is 4.90 Å². The summed E-state index contributed by atoms with van der Waals surface area (Å²) >= 11 is 4.88. The molecule has 1 aliphatic rings. The minimum Gasteiger partial charge on any atom is -0.409 e. The van der Waals surface area contributed by atoms with Crippen LogP contribution in [0.2, 0.25) is 0 Å². The largest absolute Gasteiger partial charge is 0.409 e. The molecule has 1 heterocycles. The molecule has 0 saturated carbocycles. The summed E-state index contributed by atoms with van der Waals surface area (Å²) in [6, 6.07) is 5.15. The summed E-state index contributed by atoms with van der Waals surface area (Å²) in [6.45, 7) is 2.18. The highest BCUT2D eigenvalue weighted by molar-refractivity contribution is 9.10. The highest BCUT2D eigenvalue weighted by Crippen LogP contribution is 2.35. The van der Waals surface area contributed by atoms with Crippen molar-refractivity contribution in [3.05, 3.63) is 34.1 Å². The third kappa shape index (κ3) is 3.70. The number of halogens is 2. The number of hydrogen-bond donors (Lipinski definition) is 2. The first-order valence-corrected chi connectivity index (χ1v) is 8.72. The molecule has 0 aromatic heterocycles. The van der Waals surface area contributed by atoms with Gasteiger partial charge in [0.2, 0.25) is 0 Å². The molecule has 2 rings (SSSR count). The van der Waals surface area contributed by atoms with Crippen LogP contribution in [-0.4, -0.2) is 40.0 Å². The maximum absolute atomic E-state index is 13.9. The Balaban J connectivity index is 2.01. The normalized spacial score (nSPS) is 19.7. The Labute approximate surface area is 136 Å². The zero-order chi connectivity index (χ0) is 15.5. The van der Waals surface area contributed by atoms with Crippen LogP contribution in [0.4, 0.5) is 4.39 Å². The lowest BCUT2D eigenvalue weighted by Crippen LogP contribution is -2.49. The van der Waals surface area contributed by atoms with E-state index < -0.39 is 0 Å². The second kappa shape index (κ2) is 6.98. The Morgan fingerprint density at radius 1 is 1.52 bits per heavy atom. The number of amidine groups is 1. The van der Waals surface area contributed by atoms with Gasteiger partial charge in [0, 0.05) is 29.7 Å². The molecular weight excluding hydrogens is 357 g/mol. The van der Waals surface area contributed by atoms with E-state index >= 15 is 0 Å². The van der Waals surface area contributed by atoms with Gasteiger partial charge >= 0.3 is 0 Å². The van der Waals surface area contributed by atoms with Gasteiger partial charge in [-0.1, -0.05) is 27.2 Å². The Morgan fingerprint density at radius 3 is 2.71 bits per heavy atom. The van der Waals surface area contributed by atoms with Crippen LogP contribution < -0.4 is 5.73 Å². The van der Waals surface area contributed by atoms with E-state index in [0.717, 1.165) is 30.4 Å². The van der Waals surface area contributed by atoms with Gasteiger partial charge in [0.15, 0.2) is 5.84 Å². The average molecular weight is 376 g/mol. The molecular formula is C14H19BrFN3OS. The van der Waals surface area contributed by atoms with Crippen molar-refractivity contribution in [1.29, 1.82) is 0 Å². The van der Waals surface area contributed by atoms with Gasteiger partial charge in [-0.25, -0.2) is 4.39 Å². The average Bonchev–Trinajstić information content (AvgIpc) is 2.50. The third-order valence-electron chi connectivity index (χ3n) is 4.04. The molecule has 1 aromatic rings. The molecule has 3 N–H and O–H groups in total. The second-order valence-electron chi connectivity index (χ2n) is 5.20. The van der Waals surface area contributed by atoms with Crippen LogP contribution in [0, 0.1) is 5.82 Å². The molecule has 0 amide bonds. The van der Waals surface area contributed by atoms with E-state index in [2.05, 4.69) is 26.0 Å². The summed E-state index contributed by atoms with van der Waals surface area (Å²) in [5, 5.41) is 12.1. The van der Waals surface area contributed by atoms with E-state index in [1.54, 1.807) is 17.8 Å². The highest BCUT2D eigenvalue weighted by Gasteiger charge is 2.38. The molecule has 0 bridgehead atoms. The fraction of sp³-hybridized carbons (Fsp3) is 0.500. The molecule has 116 valence electrons. The van der Waals surface area contributed by atoms with Crippen molar-refractivity contribution in [3.8, 4) is 0 Å². The van der Waals surface area contributed by atoms with E-state index in [-0.39, 0.29) is 16.4 Å². The molecule has 21 heavy (non-hydrogen) atoms. The van der Waals surface area contributed by atoms with Crippen molar-refractivity contribution in [2.24, 2.45) is 10.9 Å². The fourth-order valence-electron chi connectivity index (χ4n) is 2.62. The van der Waals surface area contributed by atoms with Crippen LogP contribution in [0.1, 0.15) is 18.4 Å². The molecule has 0 unspecified atom stereocenters. The molecule has 0 aliphatic carbocycles. The van der Waals surface area contributed by atoms with Gasteiger partial charge in [0.05, 0.1) is 4.75 Å². The summed E-state index contributed by atoms with van der Waals surface area (Å²) in [7, 11) is 0. The molecule has 1 fully saturated rings. The van der Waals surface area contributed by atoms with Gasteiger partial charge in [0.1, 0.15) is 5.82 Å². The lowest BCUT2D eigenvalue weighted by Gasteiger charge is -2.39. The van der Waals surface area contributed by atoms with Crippen LogP contribution in [-0.2, 0) is 6.54 Å². The number of nitrogens with two attached hydrogens (primary N) is 1.